The highest BCUT2D eigenvalue weighted by atomic mass is 16.6. The number of hydrogen-bond acceptors (Lipinski definition) is 3. The average Bonchev–Trinajstić information content (AvgIpc) is 3.00. The van der Waals surface area contributed by atoms with E-state index in [1.165, 1.54) is 0 Å². The van der Waals surface area contributed by atoms with Crippen LogP contribution in [-0.4, -0.2) is 53.6 Å². The summed E-state index contributed by atoms with van der Waals surface area (Å²) in [6.07, 6.45) is 4.04. The zero-order chi connectivity index (χ0) is 17.0. The predicted octanol–water partition coefficient (Wildman–Crippen LogP) is 2.84. The van der Waals surface area contributed by atoms with E-state index in [2.05, 4.69) is 4.90 Å². The number of carbonyl (C=O) groups is 2. The Bertz CT molecular complexity index is 580. The molecule has 0 unspecified atom stereocenters. The maximum absolute atomic E-state index is 12.8. The number of hydrogen-bond donors (Lipinski definition) is 0. The Morgan fingerprint density at radius 3 is 2.46 bits per heavy atom. The van der Waals surface area contributed by atoms with Crippen molar-refractivity contribution in [1.29, 1.82) is 0 Å². The van der Waals surface area contributed by atoms with E-state index < -0.39 is 0 Å². The van der Waals surface area contributed by atoms with Gasteiger partial charge >= 0.3 is 6.09 Å². The molecule has 0 radical (unpaired) electrons. The van der Waals surface area contributed by atoms with Gasteiger partial charge in [-0.25, -0.2) is 4.79 Å². The molecule has 1 spiro atoms. The van der Waals surface area contributed by atoms with E-state index in [1.807, 2.05) is 37.3 Å². The Hall–Kier alpha value is -2.04. The van der Waals surface area contributed by atoms with Gasteiger partial charge in [0.15, 0.2) is 0 Å². The van der Waals surface area contributed by atoms with Crippen molar-refractivity contribution in [2.45, 2.75) is 44.6 Å². The van der Waals surface area contributed by atoms with Crippen LogP contribution in [0.2, 0.25) is 0 Å². The molecule has 130 valence electrons. The summed E-state index contributed by atoms with van der Waals surface area (Å²) < 4.78 is 5.09. The van der Waals surface area contributed by atoms with Crippen molar-refractivity contribution in [1.82, 2.24) is 9.80 Å². The lowest BCUT2D eigenvalue weighted by molar-refractivity contribution is -0.136. The Kier molecular flexibility index (Phi) is 5.07. The molecule has 2 aliphatic heterocycles. The molecule has 3 rings (SSSR count). The third kappa shape index (κ3) is 3.40. The van der Waals surface area contributed by atoms with Crippen molar-refractivity contribution in [2.24, 2.45) is 0 Å². The number of likely N-dealkylation sites (tertiary alicyclic amines) is 2. The van der Waals surface area contributed by atoms with E-state index >= 15 is 0 Å². The van der Waals surface area contributed by atoms with E-state index in [1.54, 1.807) is 4.90 Å². The molecule has 0 aromatic heterocycles. The summed E-state index contributed by atoms with van der Waals surface area (Å²) in [6.45, 7) is 4.42. The van der Waals surface area contributed by atoms with E-state index in [0.29, 0.717) is 26.1 Å². The fourth-order valence-corrected chi connectivity index (χ4v) is 4.03. The van der Waals surface area contributed by atoms with Crippen LogP contribution < -0.4 is 0 Å². The van der Waals surface area contributed by atoms with Gasteiger partial charge in [-0.15, -0.1) is 0 Å². The summed E-state index contributed by atoms with van der Waals surface area (Å²) in [5.41, 5.74) is 1.00. The van der Waals surface area contributed by atoms with Gasteiger partial charge in [0.1, 0.15) is 0 Å². The van der Waals surface area contributed by atoms with Crippen molar-refractivity contribution >= 4 is 12.0 Å². The molecule has 5 nitrogen and oxygen atoms in total. The minimum Gasteiger partial charge on any atom is -0.450 e. The highest BCUT2D eigenvalue weighted by Gasteiger charge is 2.45. The molecular formula is C19H26N2O3. The van der Waals surface area contributed by atoms with Crippen LogP contribution in [0, 0.1) is 0 Å². The van der Waals surface area contributed by atoms with Gasteiger partial charge in [0.25, 0.3) is 0 Å². The number of amides is 2. The van der Waals surface area contributed by atoms with Crippen LogP contribution in [0.4, 0.5) is 4.79 Å². The summed E-state index contributed by atoms with van der Waals surface area (Å²) in [7, 11) is 0. The second-order valence-corrected chi connectivity index (χ2v) is 6.72. The fourth-order valence-electron chi connectivity index (χ4n) is 4.03. The van der Waals surface area contributed by atoms with Gasteiger partial charge in [0, 0.05) is 25.2 Å². The van der Waals surface area contributed by atoms with Crippen LogP contribution in [0.3, 0.4) is 0 Å². The summed E-state index contributed by atoms with van der Waals surface area (Å²) in [6, 6.07) is 9.92. The topological polar surface area (TPSA) is 49.9 Å². The zero-order valence-electron chi connectivity index (χ0n) is 14.4. The lowest BCUT2D eigenvalue weighted by Crippen LogP contribution is -2.55. The van der Waals surface area contributed by atoms with Gasteiger partial charge < -0.3 is 14.5 Å². The summed E-state index contributed by atoms with van der Waals surface area (Å²) in [5, 5.41) is 0. The molecule has 2 amide bonds. The van der Waals surface area contributed by atoms with Crippen LogP contribution in [0.25, 0.3) is 0 Å². The molecule has 2 aliphatic rings. The first kappa shape index (κ1) is 16.8. The Morgan fingerprint density at radius 2 is 1.79 bits per heavy atom. The summed E-state index contributed by atoms with van der Waals surface area (Å²) in [5.74, 6) is 0.211. The van der Waals surface area contributed by atoms with E-state index in [9.17, 15) is 9.59 Å². The molecule has 2 fully saturated rings. The maximum atomic E-state index is 12.8. The van der Waals surface area contributed by atoms with E-state index in [4.69, 9.17) is 4.74 Å². The standard InChI is InChI=1S/C19H26N2O3/c1-2-24-18(23)20-13-10-19(11-14-20)9-6-12-21(19)17(22)15-16-7-4-3-5-8-16/h3-5,7-8H,2,6,9-15H2,1H3. The highest BCUT2D eigenvalue weighted by molar-refractivity contribution is 5.80. The molecule has 0 bridgehead atoms. The van der Waals surface area contributed by atoms with Crippen molar-refractivity contribution in [3.8, 4) is 0 Å². The molecule has 24 heavy (non-hydrogen) atoms. The smallest absolute Gasteiger partial charge is 0.409 e. The minimum atomic E-state index is -0.229. The Morgan fingerprint density at radius 1 is 1.08 bits per heavy atom. The van der Waals surface area contributed by atoms with E-state index in [0.717, 1.165) is 37.8 Å². The molecule has 5 heteroatoms. The second-order valence-electron chi connectivity index (χ2n) is 6.72. The molecule has 0 N–H and O–H groups in total. The minimum absolute atomic E-state index is 0.0607. The summed E-state index contributed by atoms with van der Waals surface area (Å²) in [4.78, 5) is 28.6. The third-order valence-electron chi connectivity index (χ3n) is 5.32. The number of nitrogens with zero attached hydrogens (tertiary/aromatic N) is 2. The van der Waals surface area contributed by atoms with Crippen molar-refractivity contribution in [3.05, 3.63) is 35.9 Å². The lowest BCUT2D eigenvalue weighted by Gasteiger charge is -2.44. The first-order valence-corrected chi connectivity index (χ1v) is 8.91. The van der Waals surface area contributed by atoms with Gasteiger partial charge in [0.2, 0.25) is 5.91 Å². The van der Waals surface area contributed by atoms with Crippen LogP contribution in [0.15, 0.2) is 30.3 Å². The Balaban J connectivity index is 1.63. The summed E-state index contributed by atoms with van der Waals surface area (Å²) >= 11 is 0. The SMILES string of the molecule is CCOC(=O)N1CCC2(CCCN2C(=O)Cc2ccccc2)CC1. The quantitative estimate of drug-likeness (QED) is 0.856. The molecular weight excluding hydrogens is 304 g/mol. The molecule has 1 aromatic rings. The molecule has 0 atom stereocenters. The molecule has 2 heterocycles. The van der Waals surface area contributed by atoms with Gasteiger partial charge in [-0.05, 0) is 38.2 Å². The molecule has 1 aromatic carbocycles. The Labute approximate surface area is 143 Å². The highest BCUT2D eigenvalue weighted by Crippen LogP contribution is 2.38. The lowest BCUT2D eigenvalue weighted by atomic mass is 9.84. The maximum Gasteiger partial charge on any atom is 0.409 e. The van der Waals surface area contributed by atoms with Crippen LogP contribution in [0.1, 0.15) is 38.2 Å². The third-order valence-corrected chi connectivity index (χ3v) is 5.32. The van der Waals surface area contributed by atoms with Crippen molar-refractivity contribution in [3.63, 3.8) is 0 Å². The van der Waals surface area contributed by atoms with Crippen LogP contribution >= 0.6 is 0 Å². The zero-order valence-corrected chi connectivity index (χ0v) is 14.4. The molecule has 2 saturated heterocycles. The number of carbonyl (C=O) groups excluding carboxylic acids is 2. The monoisotopic (exact) mass is 330 g/mol. The number of piperidine rings is 1. The van der Waals surface area contributed by atoms with E-state index in [-0.39, 0.29) is 17.5 Å². The fraction of sp³-hybridized carbons (Fsp3) is 0.579. The average molecular weight is 330 g/mol. The number of ether oxygens (including phenoxy) is 1. The van der Waals surface area contributed by atoms with Gasteiger partial charge in [-0.2, -0.15) is 0 Å². The number of rotatable bonds is 3. The van der Waals surface area contributed by atoms with Gasteiger partial charge in [0.05, 0.1) is 13.0 Å². The number of benzene rings is 1. The second kappa shape index (κ2) is 7.24. The van der Waals surface area contributed by atoms with Crippen LogP contribution in [-0.2, 0) is 16.0 Å². The first-order chi connectivity index (χ1) is 11.6. The normalized spacial score (nSPS) is 19.5. The molecule has 0 aliphatic carbocycles. The molecule has 0 saturated carbocycles. The van der Waals surface area contributed by atoms with Crippen LogP contribution in [0.5, 0.6) is 0 Å². The largest absolute Gasteiger partial charge is 0.450 e. The van der Waals surface area contributed by atoms with Crippen molar-refractivity contribution in [2.75, 3.05) is 26.2 Å². The van der Waals surface area contributed by atoms with Crippen molar-refractivity contribution < 1.29 is 14.3 Å². The van der Waals surface area contributed by atoms with Gasteiger partial charge in [-0.1, -0.05) is 30.3 Å². The van der Waals surface area contributed by atoms with Gasteiger partial charge in [-0.3, -0.25) is 4.79 Å². The predicted molar refractivity (Wildman–Crippen MR) is 91.7 cm³/mol. The first-order valence-electron chi connectivity index (χ1n) is 8.91.